The van der Waals surface area contributed by atoms with Gasteiger partial charge in [-0.1, -0.05) is 24.3 Å². The maximum absolute atomic E-state index is 4.45. The van der Waals surface area contributed by atoms with Crippen LogP contribution in [-0.2, 0) is 13.0 Å². The second kappa shape index (κ2) is 5.37. The Kier molecular flexibility index (Phi) is 3.15. The summed E-state index contributed by atoms with van der Waals surface area (Å²) in [5.74, 6) is 0.744. The average Bonchev–Trinajstić information content (AvgIpc) is 2.99. The molecule has 0 amide bonds. The maximum atomic E-state index is 4.45. The van der Waals surface area contributed by atoms with Crippen molar-refractivity contribution in [3.05, 3.63) is 59.5 Å². The van der Waals surface area contributed by atoms with Crippen LogP contribution in [0.5, 0.6) is 0 Å². The summed E-state index contributed by atoms with van der Waals surface area (Å²) in [4.78, 5) is 7.06. The molecule has 0 aliphatic carbocycles. The van der Waals surface area contributed by atoms with Crippen LogP contribution in [0, 0.1) is 6.92 Å². The van der Waals surface area contributed by atoms with Crippen LogP contribution in [0.1, 0.15) is 35.7 Å². The molecule has 5 heterocycles. The summed E-state index contributed by atoms with van der Waals surface area (Å²) < 4.78 is 2.60. The zero-order valence-corrected chi connectivity index (χ0v) is 14.2. The number of anilines is 1. The highest BCUT2D eigenvalue weighted by molar-refractivity contribution is 5.96. The van der Waals surface area contributed by atoms with E-state index in [4.69, 9.17) is 0 Å². The SMILES string of the molecule is Cc1ccc(CCn2c3c(c4ccccc42)N2CCC3CC2)cn1. The smallest absolute Gasteiger partial charge is 0.0662 e. The van der Waals surface area contributed by atoms with Crippen molar-refractivity contribution < 1.29 is 0 Å². The Hall–Kier alpha value is -2.29. The first-order valence-electron chi connectivity index (χ1n) is 9.09. The van der Waals surface area contributed by atoms with Crippen molar-refractivity contribution in [3.63, 3.8) is 0 Å². The predicted octanol–water partition coefficient (Wildman–Crippen LogP) is 4.28. The van der Waals surface area contributed by atoms with E-state index in [2.05, 4.69) is 50.8 Å². The fraction of sp³-hybridized carbons (Fsp3) is 0.381. The van der Waals surface area contributed by atoms with Gasteiger partial charge in [-0.05, 0) is 43.9 Å². The van der Waals surface area contributed by atoms with E-state index >= 15 is 0 Å². The molecule has 3 nitrogen and oxygen atoms in total. The second-order valence-electron chi connectivity index (χ2n) is 7.22. The molecule has 0 N–H and O–H groups in total. The van der Waals surface area contributed by atoms with Crippen molar-refractivity contribution in [1.29, 1.82) is 0 Å². The molecule has 0 spiro atoms. The first-order valence-corrected chi connectivity index (χ1v) is 9.09. The fourth-order valence-corrected chi connectivity index (χ4v) is 4.56. The van der Waals surface area contributed by atoms with E-state index in [1.807, 2.05) is 13.1 Å². The molecule has 3 aromatic rings. The Bertz CT molecular complexity index is 883. The highest BCUT2D eigenvalue weighted by atomic mass is 15.2. The Morgan fingerprint density at radius 2 is 1.92 bits per heavy atom. The summed E-state index contributed by atoms with van der Waals surface area (Å²) >= 11 is 0. The van der Waals surface area contributed by atoms with E-state index in [0.29, 0.717) is 0 Å². The molecular weight excluding hydrogens is 294 g/mol. The van der Waals surface area contributed by atoms with Crippen molar-refractivity contribution in [1.82, 2.24) is 9.55 Å². The van der Waals surface area contributed by atoms with Crippen LogP contribution in [0.2, 0.25) is 0 Å². The van der Waals surface area contributed by atoms with Crippen LogP contribution in [0.4, 0.5) is 5.69 Å². The second-order valence-corrected chi connectivity index (χ2v) is 7.22. The first-order chi connectivity index (χ1) is 11.8. The summed E-state index contributed by atoms with van der Waals surface area (Å²) in [5, 5.41) is 1.44. The lowest BCUT2D eigenvalue weighted by Gasteiger charge is -2.41. The minimum atomic E-state index is 0.744. The van der Waals surface area contributed by atoms with Gasteiger partial charge in [0.15, 0.2) is 0 Å². The van der Waals surface area contributed by atoms with Gasteiger partial charge < -0.3 is 9.47 Å². The summed E-state index contributed by atoms with van der Waals surface area (Å²) in [5.41, 5.74) is 6.94. The molecule has 0 saturated carbocycles. The number of aryl methyl sites for hydroxylation is 3. The Morgan fingerprint density at radius 3 is 2.71 bits per heavy atom. The molecule has 2 aromatic heterocycles. The van der Waals surface area contributed by atoms with Gasteiger partial charge >= 0.3 is 0 Å². The summed E-state index contributed by atoms with van der Waals surface area (Å²) in [6.45, 7) is 5.55. The Balaban J connectivity index is 1.58. The molecular formula is C21H23N3. The van der Waals surface area contributed by atoms with Gasteiger partial charge in [0.2, 0.25) is 0 Å². The largest absolute Gasteiger partial charge is 0.370 e. The molecule has 0 atom stereocenters. The van der Waals surface area contributed by atoms with Gasteiger partial charge in [-0.3, -0.25) is 4.98 Å². The zero-order chi connectivity index (χ0) is 16.1. The van der Waals surface area contributed by atoms with Gasteiger partial charge in [-0.2, -0.15) is 0 Å². The van der Waals surface area contributed by atoms with Crippen LogP contribution < -0.4 is 4.90 Å². The third-order valence-corrected chi connectivity index (χ3v) is 5.78. The molecule has 0 radical (unpaired) electrons. The Labute approximate surface area is 142 Å². The van der Waals surface area contributed by atoms with Crippen molar-refractivity contribution >= 4 is 16.6 Å². The number of aromatic nitrogens is 2. The minimum Gasteiger partial charge on any atom is -0.370 e. The van der Waals surface area contributed by atoms with E-state index in [1.165, 1.54) is 48.1 Å². The van der Waals surface area contributed by atoms with E-state index in [9.17, 15) is 0 Å². The molecule has 24 heavy (non-hydrogen) atoms. The molecule has 6 rings (SSSR count). The number of fused-ring (bicyclic) bond motifs is 3. The summed E-state index contributed by atoms with van der Waals surface area (Å²) in [6.07, 6.45) is 5.71. The van der Waals surface area contributed by atoms with Crippen LogP contribution in [-0.4, -0.2) is 22.6 Å². The van der Waals surface area contributed by atoms with Crippen LogP contribution >= 0.6 is 0 Å². The number of nitrogens with zero attached hydrogens (tertiary/aromatic N) is 3. The number of benzene rings is 1. The molecule has 3 aliphatic heterocycles. The highest BCUT2D eigenvalue weighted by Crippen LogP contribution is 2.47. The lowest BCUT2D eigenvalue weighted by Crippen LogP contribution is -2.39. The van der Waals surface area contributed by atoms with E-state index in [0.717, 1.165) is 24.6 Å². The highest BCUT2D eigenvalue weighted by Gasteiger charge is 2.35. The maximum Gasteiger partial charge on any atom is 0.0662 e. The molecule has 1 fully saturated rings. The zero-order valence-electron chi connectivity index (χ0n) is 14.2. The molecule has 0 unspecified atom stereocenters. The fourth-order valence-electron chi connectivity index (χ4n) is 4.56. The van der Waals surface area contributed by atoms with Gasteiger partial charge in [-0.25, -0.2) is 0 Å². The Morgan fingerprint density at radius 1 is 1.08 bits per heavy atom. The summed E-state index contributed by atoms with van der Waals surface area (Å²) in [6, 6.07) is 13.3. The van der Waals surface area contributed by atoms with Crippen molar-refractivity contribution in [3.8, 4) is 0 Å². The van der Waals surface area contributed by atoms with Crippen LogP contribution in [0.15, 0.2) is 42.6 Å². The number of hydrogen-bond donors (Lipinski definition) is 0. The third kappa shape index (κ3) is 2.07. The van der Waals surface area contributed by atoms with Crippen LogP contribution in [0.3, 0.4) is 0 Å². The summed E-state index contributed by atoms with van der Waals surface area (Å²) in [7, 11) is 0. The van der Waals surface area contributed by atoms with Gasteiger partial charge in [0.05, 0.1) is 11.2 Å². The minimum absolute atomic E-state index is 0.744. The number of hydrogen-bond acceptors (Lipinski definition) is 2. The van der Waals surface area contributed by atoms with Crippen molar-refractivity contribution in [2.75, 3.05) is 18.0 Å². The molecule has 1 saturated heterocycles. The first kappa shape index (κ1) is 14.1. The predicted molar refractivity (Wildman–Crippen MR) is 98.8 cm³/mol. The lowest BCUT2D eigenvalue weighted by atomic mass is 9.87. The quantitative estimate of drug-likeness (QED) is 0.719. The average molecular weight is 317 g/mol. The topological polar surface area (TPSA) is 21.1 Å². The monoisotopic (exact) mass is 317 g/mol. The molecule has 3 heteroatoms. The van der Waals surface area contributed by atoms with Crippen LogP contribution in [0.25, 0.3) is 10.9 Å². The molecule has 3 aliphatic rings. The van der Waals surface area contributed by atoms with Gasteiger partial charge in [-0.15, -0.1) is 0 Å². The number of piperidine rings is 1. The van der Waals surface area contributed by atoms with Crippen molar-refractivity contribution in [2.45, 2.75) is 38.6 Å². The molecule has 1 aromatic carbocycles. The van der Waals surface area contributed by atoms with E-state index in [-0.39, 0.29) is 0 Å². The van der Waals surface area contributed by atoms with Gasteiger partial charge in [0.1, 0.15) is 0 Å². The standard InChI is InChI=1S/C21H23N3/c1-15-6-7-16(14-22-15)8-13-24-19-5-3-2-4-18(19)21-20(24)17-9-11-23(21)12-10-17/h2-7,14,17H,8-13H2,1H3. The number of para-hydroxylation sites is 1. The lowest BCUT2D eigenvalue weighted by molar-refractivity contribution is 0.448. The van der Waals surface area contributed by atoms with E-state index < -0.39 is 0 Å². The third-order valence-electron chi connectivity index (χ3n) is 5.78. The normalized spacial score (nSPS) is 16.8. The number of rotatable bonds is 3. The molecule has 122 valence electrons. The van der Waals surface area contributed by atoms with E-state index in [1.54, 1.807) is 5.69 Å². The number of pyridine rings is 1. The van der Waals surface area contributed by atoms with Gasteiger partial charge in [0.25, 0.3) is 0 Å². The van der Waals surface area contributed by atoms with Crippen molar-refractivity contribution in [2.24, 2.45) is 0 Å². The molecule has 2 bridgehead atoms. The van der Waals surface area contributed by atoms with Gasteiger partial charge in [0, 0.05) is 48.5 Å².